The third-order valence-corrected chi connectivity index (χ3v) is 5.54. The van der Waals surface area contributed by atoms with Crippen LogP contribution in [0.15, 0.2) is 47.4 Å². The number of fused-ring (bicyclic) bond motifs is 3. The minimum absolute atomic E-state index is 0.0937. The maximum atomic E-state index is 13.0. The highest BCUT2D eigenvalue weighted by molar-refractivity contribution is 5.84. The molecule has 1 fully saturated rings. The second-order valence-electron chi connectivity index (χ2n) is 7.26. The molecule has 1 aliphatic carbocycles. The Labute approximate surface area is 161 Å². The highest BCUT2D eigenvalue weighted by Gasteiger charge is 2.22. The molecule has 0 aliphatic heterocycles. The van der Waals surface area contributed by atoms with Crippen molar-refractivity contribution in [3.8, 4) is 11.1 Å². The van der Waals surface area contributed by atoms with Crippen molar-refractivity contribution in [1.29, 1.82) is 0 Å². The summed E-state index contributed by atoms with van der Waals surface area (Å²) in [6.45, 7) is 0.355. The van der Waals surface area contributed by atoms with E-state index in [1.165, 1.54) is 12.8 Å². The molecular weight excluding hydrogens is 354 g/mol. The smallest absolute Gasteiger partial charge is 0.280 e. The Balaban J connectivity index is 1.76. The first-order valence-electron chi connectivity index (χ1n) is 9.61. The summed E-state index contributed by atoms with van der Waals surface area (Å²) in [4.78, 5) is 13.0. The highest BCUT2D eigenvalue weighted by atomic mass is 16.5. The summed E-state index contributed by atoms with van der Waals surface area (Å²) in [5, 5.41) is 13.4. The van der Waals surface area contributed by atoms with Crippen molar-refractivity contribution in [2.45, 2.75) is 38.3 Å². The number of ether oxygens (including phenoxy) is 1. The molecule has 0 atom stereocenters. The van der Waals surface area contributed by atoms with E-state index in [2.05, 4.69) is 10.2 Å². The summed E-state index contributed by atoms with van der Waals surface area (Å²) in [6, 6.07) is 12.1. The van der Waals surface area contributed by atoms with Gasteiger partial charge in [0.05, 0.1) is 17.9 Å². The van der Waals surface area contributed by atoms with Gasteiger partial charge in [-0.1, -0.05) is 43.2 Å². The van der Waals surface area contributed by atoms with E-state index >= 15 is 0 Å². The summed E-state index contributed by atoms with van der Waals surface area (Å²) in [6.07, 6.45) is 6.29. The van der Waals surface area contributed by atoms with Gasteiger partial charge < -0.3 is 9.30 Å². The number of hydrogen-bond donors (Lipinski definition) is 0. The number of nitrogens with zero attached hydrogens (tertiary/aromatic N) is 5. The van der Waals surface area contributed by atoms with Crippen LogP contribution in [-0.2, 0) is 11.3 Å². The maximum Gasteiger partial charge on any atom is 0.280 e. The molecule has 0 saturated heterocycles. The van der Waals surface area contributed by atoms with Crippen LogP contribution in [0.1, 0.15) is 37.4 Å². The largest absolute Gasteiger partial charge is 0.378 e. The van der Waals surface area contributed by atoms with Gasteiger partial charge in [-0.2, -0.15) is 5.10 Å². The first-order valence-corrected chi connectivity index (χ1v) is 9.61. The number of pyridine rings is 1. The van der Waals surface area contributed by atoms with Gasteiger partial charge in [0.1, 0.15) is 5.52 Å². The van der Waals surface area contributed by atoms with Gasteiger partial charge in [-0.25, -0.2) is 4.52 Å². The van der Waals surface area contributed by atoms with Crippen LogP contribution in [-0.4, -0.2) is 31.5 Å². The number of benzene rings is 1. The van der Waals surface area contributed by atoms with Gasteiger partial charge in [-0.3, -0.25) is 4.79 Å². The average Bonchev–Trinajstić information content (AvgIpc) is 3.37. The van der Waals surface area contributed by atoms with Crippen LogP contribution in [0.3, 0.4) is 0 Å². The topological polar surface area (TPSA) is 74.3 Å². The highest BCUT2D eigenvalue weighted by Crippen LogP contribution is 2.30. The summed E-state index contributed by atoms with van der Waals surface area (Å²) in [5.74, 6) is 0. The molecule has 0 radical (unpaired) electrons. The van der Waals surface area contributed by atoms with Crippen molar-refractivity contribution in [2.75, 3.05) is 7.11 Å². The molecular formula is C21H21N5O2. The van der Waals surface area contributed by atoms with E-state index in [1.807, 2.05) is 47.2 Å². The Kier molecular flexibility index (Phi) is 4.16. The zero-order valence-electron chi connectivity index (χ0n) is 15.7. The molecule has 1 aliphatic rings. The molecule has 1 saturated carbocycles. The van der Waals surface area contributed by atoms with Gasteiger partial charge in [0.25, 0.3) is 5.56 Å². The fourth-order valence-electron chi connectivity index (χ4n) is 4.21. The van der Waals surface area contributed by atoms with Gasteiger partial charge in [0.15, 0.2) is 11.2 Å². The molecule has 0 bridgehead atoms. The number of methoxy groups -OCH3 is 1. The number of rotatable bonds is 4. The lowest BCUT2D eigenvalue weighted by Crippen LogP contribution is -2.24. The van der Waals surface area contributed by atoms with Crippen LogP contribution < -0.4 is 5.56 Å². The lowest BCUT2D eigenvalue weighted by molar-refractivity contribution is 0.181. The van der Waals surface area contributed by atoms with E-state index < -0.39 is 0 Å². The molecule has 3 heterocycles. The van der Waals surface area contributed by atoms with Crippen LogP contribution in [0.5, 0.6) is 0 Å². The summed E-state index contributed by atoms with van der Waals surface area (Å²) in [5.41, 5.74) is 4.22. The SMILES string of the molecule is COCc1nn2c(nnc3c(=O)n(C4CCCC4)ccc32)c1-c1ccccc1. The van der Waals surface area contributed by atoms with Gasteiger partial charge in [0, 0.05) is 19.3 Å². The van der Waals surface area contributed by atoms with E-state index in [1.54, 1.807) is 11.6 Å². The van der Waals surface area contributed by atoms with Crippen molar-refractivity contribution in [3.63, 3.8) is 0 Å². The fraction of sp³-hybridized carbons (Fsp3) is 0.333. The molecule has 5 rings (SSSR count). The Morgan fingerprint density at radius 1 is 1.11 bits per heavy atom. The minimum atomic E-state index is -0.0937. The minimum Gasteiger partial charge on any atom is -0.378 e. The summed E-state index contributed by atoms with van der Waals surface area (Å²) in [7, 11) is 1.64. The van der Waals surface area contributed by atoms with E-state index in [-0.39, 0.29) is 11.6 Å². The molecule has 4 aromatic rings. The van der Waals surface area contributed by atoms with Crippen LogP contribution >= 0.6 is 0 Å². The van der Waals surface area contributed by atoms with Gasteiger partial charge in [-0.05, 0) is 24.5 Å². The molecule has 0 N–H and O–H groups in total. The fourth-order valence-corrected chi connectivity index (χ4v) is 4.21. The van der Waals surface area contributed by atoms with E-state index in [4.69, 9.17) is 9.84 Å². The van der Waals surface area contributed by atoms with Crippen molar-refractivity contribution in [2.24, 2.45) is 0 Å². The van der Waals surface area contributed by atoms with E-state index in [0.717, 1.165) is 29.7 Å². The zero-order chi connectivity index (χ0) is 19.1. The summed E-state index contributed by atoms with van der Waals surface area (Å²) < 4.78 is 8.89. The third kappa shape index (κ3) is 2.62. The maximum absolute atomic E-state index is 13.0. The van der Waals surface area contributed by atoms with Crippen molar-refractivity contribution >= 4 is 16.7 Å². The van der Waals surface area contributed by atoms with E-state index in [0.29, 0.717) is 23.3 Å². The molecule has 1 aromatic carbocycles. The Morgan fingerprint density at radius 2 is 1.89 bits per heavy atom. The van der Waals surface area contributed by atoms with E-state index in [9.17, 15) is 4.79 Å². The number of hydrogen-bond acceptors (Lipinski definition) is 5. The van der Waals surface area contributed by atoms with Crippen LogP contribution in [0.2, 0.25) is 0 Å². The van der Waals surface area contributed by atoms with Crippen molar-refractivity contribution in [3.05, 3.63) is 58.6 Å². The van der Waals surface area contributed by atoms with Crippen LogP contribution in [0.4, 0.5) is 0 Å². The molecule has 28 heavy (non-hydrogen) atoms. The Bertz CT molecular complexity index is 1210. The second-order valence-corrected chi connectivity index (χ2v) is 7.26. The molecule has 3 aromatic heterocycles. The predicted molar refractivity (Wildman–Crippen MR) is 106 cm³/mol. The Morgan fingerprint density at radius 3 is 2.64 bits per heavy atom. The lowest BCUT2D eigenvalue weighted by Gasteiger charge is -2.13. The lowest BCUT2D eigenvalue weighted by atomic mass is 10.1. The third-order valence-electron chi connectivity index (χ3n) is 5.54. The molecule has 0 unspecified atom stereocenters. The second kappa shape index (κ2) is 6.83. The summed E-state index contributed by atoms with van der Waals surface area (Å²) >= 11 is 0. The quantitative estimate of drug-likeness (QED) is 0.547. The normalized spacial score (nSPS) is 15.0. The average molecular weight is 375 g/mol. The van der Waals surface area contributed by atoms with Gasteiger partial charge >= 0.3 is 0 Å². The predicted octanol–water partition coefficient (Wildman–Crippen LogP) is 3.37. The van der Waals surface area contributed by atoms with Crippen molar-refractivity contribution < 1.29 is 4.74 Å². The standard InChI is InChI=1S/C21H21N5O2/c1-28-13-16-18(14-7-3-2-4-8-14)20-23-22-19-17(26(20)24-16)11-12-25(21(19)27)15-9-5-6-10-15/h2-4,7-8,11-12,15H,5-6,9-10,13H2,1H3. The monoisotopic (exact) mass is 375 g/mol. The zero-order valence-corrected chi connectivity index (χ0v) is 15.7. The Hall–Kier alpha value is -3.06. The first-order chi connectivity index (χ1) is 13.8. The first kappa shape index (κ1) is 17.1. The molecule has 7 heteroatoms. The van der Waals surface area contributed by atoms with Crippen molar-refractivity contribution in [1.82, 2.24) is 24.4 Å². The number of aromatic nitrogens is 5. The van der Waals surface area contributed by atoms with Gasteiger partial charge in [0.2, 0.25) is 0 Å². The van der Waals surface area contributed by atoms with Crippen LogP contribution in [0.25, 0.3) is 27.8 Å². The van der Waals surface area contributed by atoms with Gasteiger partial charge in [-0.15, -0.1) is 10.2 Å². The molecule has 7 nitrogen and oxygen atoms in total. The molecule has 142 valence electrons. The molecule has 0 amide bonds. The van der Waals surface area contributed by atoms with Crippen LogP contribution in [0, 0.1) is 0 Å². The molecule has 0 spiro atoms.